The van der Waals surface area contributed by atoms with Crippen LogP contribution in [0.4, 0.5) is 0 Å². The second-order valence-electron chi connectivity index (χ2n) is 4.62. The molecular formula is C17H13Cl2NO4. The van der Waals surface area contributed by atoms with Crippen molar-refractivity contribution in [3.8, 4) is 17.6 Å². The SMILES string of the molecule is COc1cc(C(=O)OCC#N)ccc1OCc1ccc(Cl)cc1Cl. The van der Waals surface area contributed by atoms with Gasteiger partial charge in [0, 0.05) is 15.6 Å². The summed E-state index contributed by atoms with van der Waals surface area (Å²) in [6, 6.07) is 11.5. The van der Waals surface area contributed by atoms with Gasteiger partial charge in [-0.05, 0) is 30.3 Å². The Kier molecular flexibility index (Phi) is 6.30. The normalized spacial score (nSPS) is 9.92. The number of hydrogen-bond donors (Lipinski definition) is 0. The monoisotopic (exact) mass is 365 g/mol. The molecule has 0 aliphatic heterocycles. The molecule has 0 bridgehead atoms. The van der Waals surface area contributed by atoms with Crippen molar-refractivity contribution < 1.29 is 19.0 Å². The largest absolute Gasteiger partial charge is 0.493 e. The minimum atomic E-state index is -0.609. The van der Waals surface area contributed by atoms with E-state index >= 15 is 0 Å². The van der Waals surface area contributed by atoms with E-state index in [2.05, 4.69) is 0 Å². The van der Waals surface area contributed by atoms with Crippen LogP contribution in [0.2, 0.25) is 10.0 Å². The molecule has 0 unspecified atom stereocenters. The second kappa shape index (κ2) is 8.44. The van der Waals surface area contributed by atoms with Gasteiger partial charge in [-0.3, -0.25) is 0 Å². The number of ether oxygens (including phenoxy) is 3. The summed E-state index contributed by atoms with van der Waals surface area (Å²) in [7, 11) is 1.46. The number of carbonyl (C=O) groups is 1. The molecule has 0 saturated carbocycles. The number of carbonyl (C=O) groups excluding carboxylic acids is 1. The first-order valence-electron chi connectivity index (χ1n) is 6.84. The number of benzene rings is 2. The van der Waals surface area contributed by atoms with Crippen LogP contribution in [0.15, 0.2) is 36.4 Å². The average Bonchev–Trinajstić information content (AvgIpc) is 2.58. The quantitative estimate of drug-likeness (QED) is 0.715. The van der Waals surface area contributed by atoms with Gasteiger partial charge in [0.25, 0.3) is 0 Å². The molecule has 2 aromatic rings. The molecular weight excluding hydrogens is 353 g/mol. The third kappa shape index (κ3) is 4.54. The average molecular weight is 366 g/mol. The molecule has 2 aromatic carbocycles. The molecule has 124 valence electrons. The number of nitriles is 1. The molecule has 0 aliphatic carbocycles. The van der Waals surface area contributed by atoms with Crippen molar-refractivity contribution in [2.75, 3.05) is 13.7 Å². The standard InChI is InChI=1S/C17H13Cl2NO4/c1-22-16-8-11(17(21)23-7-6-20)3-5-15(16)24-10-12-2-4-13(18)9-14(12)19/h2-5,8-9H,7,10H2,1H3. The van der Waals surface area contributed by atoms with Gasteiger partial charge in [-0.1, -0.05) is 29.3 Å². The van der Waals surface area contributed by atoms with E-state index in [0.29, 0.717) is 21.5 Å². The number of rotatable bonds is 6. The van der Waals surface area contributed by atoms with Crippen LogP contribution < -0.4 is 9.47 Å². The van der Waals surface area contributed by atoms with E-state index in [-0.39, 0.29) is 18.8 Å². The van der Waals surface area contributed by atoms with Crippen molar-refractivity contribution in [2.24, 2.45) is 0 Å². The molecule has 0 fully saturated rings. The van der Waals surface area contributed by atoms with Crippen LogP contribution in [-0.4, -0.2) is 19.7 Å². The summed E-state index contributed by atoms with van der Waals surface area (Å²) in [5.41, 5.74) is 1.03. The Morgan fingerprint density at radius 2 is 1.96 bits per heavy atom. The first-order chi connectivity index (χ1) is 11.5. The molecule has 5 nitrogen and oxygen atoms in total. The lowest BCUT2D eigenvalue weighted by molar-refractivity contribution is 0.0554. The highest BCUT2D eigenvalue weighted by Crippen LogP contribution is 2.30. The minimum absolute atomic E-state index is 0.213. The Labute approximate surface area is 149 Å². The van der Waals surface area contributed by atoms with E-state index in [0.717, 1.165) is 5.56 Å². The van der Waals surface area contributed by atoms with Gasteiger partial charge in [0.2, 0.25) is 0 Å². The van der Waals surface area contributed by atoms with Gasteiger partial charge in [-0.15, -0.1) is 0 Å². The van der Waals surface area contributed by atoms with Gasteiger partial charge in [-0.2, -0.15) is 5.26 Å². The first kappa shape index (κ1) is 17.9. The molecule has 0 atom stereocenters. The zero-order valence-corrected chi connectivity index (χ0v) is 14.2. The van der Waals surface area contributed by atoms with Crippen molar-refractivity contribution in [2.45, 2.75) is 6.61 Å². The third-order valence-electron chi connectivity index (χ3n) is 3.07. The van der Waals surface area contributed by atoms with E-state index in [1.807, 2.05) is 0 Å². The molecule has 0 saturated heterocycles. The molecule has 0 N–H and O–H groups in total. The Hall–Kier alpha value is -2.42. The van der Waals surface area contributed by atoms with E-state index < -0.39 is 5.97 Å². The highest BCUT2D eigenvalue weighted by atomic mass is 35.5. The summed E-state index contributed by atoms with van der Waals surface area (Å²) in [4.78, 5) is 11.7. The van der Waals surface area contributed by atoms with Crippen LogP contribution in [0, 0.1) is 11.3 Å². The lowest BCUT2D eigenvalue weighted by Crippen LogP contribution is -2.06. The smallest absolute Gasteiger partial charge is 0.339 e. The highest BCUT2D eigenvalue weighted by molar-refractivity contribution is 6.35. The molecule has 0 radical (unpaired) electrons. The van der Waals surface area contributed by atoms with Crippen molar-refractivity contribution in [1.29, 1.82) is 5.26 Å². The van der Waals surface area contributed by atoms with Crippen LogP contribution in [0.1, 0.15) is 15.9 Å². The fourth-order valence-electron chi connectivity index (χ4n) is 1.89. The molecule has 24 heavy (non-hydrogen) atoms. The van der Waals surface area contributed by atoms with Crippen LogP contribution >= 0.6 is 23.2 Å². The molecule has 7 heteroatoms. The Balaban J connectivity index is 2.13. The van der Waals surface area contributed by atoms with Gasteiger partial charge in [0.05, 0.1) is 12.7 Å². The van der Waals surface area contributed by atoms with E-state index in [1.165, 1.54) is 19.2 Å². The van der Waals surface area contributed by atoms with E-state index in [9.17, 15) is 4.79 Å². The zero-order valence-electron chi connectivity index (χ0n) is 12.7. The number of hydrogen-bond acceptors (Lipinski definition) is 5. The lowest BCUT2D eigenvalue weighted by atomic mass is 10.2. The van der Waals surface area contributed by atoms with Crippen LogP contribution in [0.3, 0.4) is 0 Å². The highest BCUT2D eigenvalue weighted by Gasteiger charge is 2.13. The summed E-state index contributed by atoms with van der Waals surface area (Å²) in [6.45, 7) is -0.0982. The fraction of sp³-hybridized carbons (Fsp3) is 0.176. The Bertz CT molecular complexity index is 787. The maximum Gasteiger partial charge on any atom is 0.339 e. The summed E-state index contributed by atoms with van der Waals surface area (Å²) < 4.78 is 15.7. The molecule has 0 aliphatic rings. The van der Waals surface area contributed by atoms with Gasteiger partial charge in [0.1, 0.15) is 12.7 Å². The van der Waals surface area contributed by atoms with Gasteiger partial charge < -0.3 is 14.2 Å². The summed E-state index contributed by atoms with van der Waals surface area (Å²) in [6.07, 6.45) is 0. The topological polar surface area (TPSA) is 68.5 Å². The lowest BCUT2D eigenvalue weighted by Gasteiger charge is -2.12. The maximum absolute atomic E-state index is 11.7. The third-order valence-corrected chi connectivity index (χ3v) is 3.65. The van der Waals surface area contributed by atoms with E-state index in [1.54, 1.807) is 30.3 Å². The molecule has 0 spiro atoms. The number of esters is 1. The number of nitrogens with zero attached hydrogens (tertiary/aromatic N) is 1. The fourth-order valence-corrected chi connectivity index (χ4v) is 2.35. The van der Waals surface area contributed by atoms with E-state index in [4.69, 9.17) is 42.7 Å². The summed E-state index contributed by atoms with van der Waals surface area (Å²) >= 11 is 12.0. The van der Waals surface area contributed by atoms with Gasteiger partial charge in [0.15, 0.2) is 18.1 Å². The van der Waals surface area contributed by atoms with Crippen molar-refractivity contribution >= 4 is 29.2 Å². The van der Waals surface area contributed by atoms with Gasteiger partial charge in [-0.25, -0.2) is 4.79 Å². The second-order valence-corrected chi connectivity index (χ2v) is 5.47. The molecule has 0 heterocycles. The minimum Gasteiger partial charge on any atom is -0.493 e. The van der Waals surface area contributed by atoms with Crippen LogP contribution in [0.5, 0.6) is 11.5 Å². The number of halogens is 2. The van der Waals surface area contributed by atoms with Crippen LogP contribution in [-0.2, 0) is 11.3 Å². The molecule has 0 aromatic heterocycles. The Morgan fingerprint density at radius 1 is 1.17 bits per heavy atom. The summed E-state index contributed by atoms with van der Waals surface area (Å²) in [5, 5.41) is 9.48. The van der Waals surface area contributed by atoms with Crippen molar-refractivity contribution in [3.05, 3.63) is 57.6 Å². The zero-order chi connectivity index (χ0) is 17.5. The Morgan fingerprint density at radius 3 is 2.62 bits per heavy atom. The summed E-state index contributed by atoms with van der Waals surface area (Å²) in [5.74, 6) is 0.203. The predicted molar refractivity (Wildman–Crippen MR) is 89.7 cm³/mol. The maximum atomic E-state index is 11.7. The van der Waals surface area contributed by atoms with Crippen molar-refractivity contribution in [3.63, 3.8) is 0 Å². The first-order valence-corrected chi connectivity index (χ1v) is 7.59. The predicted octanol–water partition coefficient (Wildman–Crippen LogP) is 4.26. The number of methoxy groups -OCH3 is 1. The molecule has 0 amide bonds. The van der Waals surface area contributed by atoms with Crippen LogP contribution in [0.25, 0.3) is 0 Å². The van der Waals surface area contributed by atoms with Gasteiger partial charge >= 0.3 is 5.97 Å². The van der Waals surface area contributed by atoms with Crippen molar-refractivity contribution in [1.82, 2.24) is 0 Å². The molecule has 2 rings (SSSR count).